The largest absolute Gasteiger partial charge is 0.497 e. The SMILES string of the molecule is COc1cc(CCNC(=O)c2cc3c(s2)-c2ccc(Cl)cc2S(=O)(=O)C3)cc(OC)c1. The minimum atomic E-state index is -3.49. The summed E-state index contributed by atoms with van der Waals surface area (Å²) in [6.45, 7) is 0.419. The molecule has 0 atom stereocenters. The lowest BCUT2D eigenvalue weighted by atomic mass is 10.1. The fraction of sp³-hybridized carbons (Fsp3) is 0.227. The van der Waals surface area contributed by atoms with Gasteiger partial charge in [-0.3, -0.25) is 4.79 Å². The van der Waals surface area contributed by atoms with Gasteiger partial charge < -0.3 is 14.8 Å². The molecule has 1 N–H and O–H groups in total. The van der Waals surface area contributed by atoms with E-state index in [0.29, 0.717) is 45.5 Å². The molecule has 3 aromatic rings. The lowest BCUT2D eigenvalue weighted by Crippen LogP contribution is -2.24. The molecule has 0 unspecified atom stereocenters. The molecule has 2 aromatic carbocycles. The Morgan fingerprint density at radius 2 is 1.81 bits per heavy atom. The van der Waals surface area contributed by atoms with Crippen LogP contribution in [0.15, 0.2) is 47.4 Å². The third-order valence-corrected chi connectivity index (χ3v) is 8.16. The van der Waals surface area contributed by atoms with Gasteiger partial charge in [-0.2, -0.15) is 0 Å². The van der Waals surface area contributed by atoms with Crippen molar-refractivity contribution in [1.82, 2.24) is 5.32 Å². The van der Waals surface area contributed by atoms with Crippen LogP contribution in [0.2, 0.25) is 5.02 Å². The first-order valence-corrected chi connectivity index (χ1v) is 12.3. The minimum Gasteiger partial charge on any atom is -0.497 e. The number of carbonyl (C=O) groups excluding carboxylic acids is 1. The standard InChI is InChI=1S/C22H20ClNO5S2/c1-28-16-7-13(8-17(11-16)29-2)5-6-24-22(25)19-9-14-12-31(26,27)20-10-15(23)3-4-18(20)21(14)30-19/h3-4,7-11H,5-6,12H2,1-2H3,(H,24,25). The van der Waals surface area contributed by atoms with Crippen molar-refractivity contribution in [1.29, 1.82) is 0 Å². The number of benzene rings is 2. The maximum Gasteiger partial charge on any atom is 0.261 e. The van der Waals surface area contributed by atoms with Crippen molar-refractivity contribution in [2.75, 3.05) is 20.8 Å². The lowest BCUT2D eigenvalue weighted by molar-refractivity contribution is 0.0958. The maximum absolute atomic E-state index is 12.7. The van der Waals surface area contributed by atoms with E-state index in [0.717, 1.165) is 10.4 Å². The van der Waals surface area contributed by atoms with E-state index in [1.54, 1.807) is 38.5 Å². The highest BCUT2D eigenvalue weighted by molar-refractivity contribution is 7.91. The van der Waals surface area contributed by atoms with Crippen LogP contribution in [0.25, 0.3) is 10.4 Å². The van der Waals surface area contributed by atoms with E-state index in [1.807, 2.05) is 12.1 Å². The Kier molecular flexibility index (Phi) is 5.96. The van der Waals surface area contributed by atoms with Crippen LogP contribution in [0.1, 0.15) is 20.8 Å². The van der Waals surface area contributed by atoms with Crippen LogP contribution in [-0.2, 0) is 22.0 Å². The van der Waals surface area contributed by atoms with Crippen molar-refractivity contribution in [2.24, 2.45) is 0 Å². The van der Waals surface area contributed by atoms with E-state index >= 15 is 0 Å². The number of carbonyl (C=O) groups is 1. The average Bonchev–Trinajstić information content (AvgIpc) is 3.16. The summed E-state index contributed by atoms with van der Waals surface area (Å²) < 4.78 is 35.8. The lowest BCUT2D eigenvalue weighted by Gasteiger charge is -2.16. The van der Waals surface area contributed by atoms with E-state index in [4.69, 9.17) is 21.1 Å². The van der Waals surface area contributed by atoms with Crippen molar-refractivity contribution in [3.05, 3.63) is 63.5 Å². The monoisotopic (exact) mass is 477 g/mol. The summed E-state index contributed by atoms with van der Waals surface area (Å²) >= 11 is 7.28. The number of hydrogen-bond donors (Lipinski definition) is 1. The van der Waals surface area contributed by atoms with Crippen LogP contribution in [0, 0.1) is 0 Å². The first-order chi connectivity index (χ1) is 14.8. The Labute approximate surface area is 189 Å². The molecular formula is C22H20ClNO5S2. The van der Waals surface area contributed by atoms with Crippen molar-refractivity contribution in [3.8, 4) is 21.9 Å². The molecule has 0 saturated carbocycles. The predicted octanol–water partition coefficient (Wildman–Crippen LogP) is 4.35. The van der Waals surface area contributed by atoms with Crippen molar-refractivity contribution < 1.29 is 22.7 Å². The molecule has 1 aliphatic rings. The Bertz CT molecular complexity index is 1240. The molecule has 162 valence electrons. The molecule has 1 aliphatic heterocycles. The van der Waals surface area contributed by atoms with Crippen LogP contribution in [0.3, 0.4) is 0 Å². The number of ether oxygens (including phenoxy) is 2. The van der Waals surface area contributed by atoms with Gasteiger partial charge in [0.25, 0.3) is 5.91 Å². The summed E-state index contributed by atoms with van der Waals surface area (Å²) in [5.74, 6) is 1.00. The molecule has 6 nitrogen and oxygen atoms in total. The number of methoxy groups -OCH3 is 2. The quantitative estimate of drug-likeness (QED) is 0.571. The molecular weight excluding hydrogens is 458 g/mol. The van der Waals surface area contributed by atoms with Crippen molar-refractivity contribution >= 4 is 38.7 Å². The van der Waals surface area contributed by atoms with Crippen molar-refractivity contribution in [3.63, 3.8) is 0 Å². The van der Waals surface area contributed by atoms with Gasteiger partial charge in [0.2, 0.25) is 0 Å². The molecule has 0 saturated heterocycles. The number of halogens is 1. The van der Waals surface area contributed by atoms with Gasteiger partial charge in [-0.25, -0.2) is 8.42 Å². The number of thiophene rings is 1. The molecule has 31 heavy (non-hydrogen) atoms. The first-order valence-electron chi connectivity index (χ1n) is 9.46. The second-order valence-corrected chi connectivity index (χ2v) is 10.5. The summed E-state index contributed by atoms with van der Waals surface area (Å²) in [4.78, 5) is 14.2. The topological polar surface area (TPSA) is 81.7 Å². The van der Waals surface area contributed by atoms with E-state index in [1.165, 1.54) is 17.4 Å². The molecule has 4 rings (SSSR count). The molecule has 0 fully saturated rings. The second kappa shape index (κ2) is 8.53. The smallest absolute Gasteiger partial charge is 0.261 e. The maximum atomic E-state index is 12.7. The number of nitrogens with one attached hydrogen (secondary N) is 1. The normalized spacial score (nSPS) is 13.8. The Balaban J connectivity index is 1.50. The number of hydrogen-bond acceptors (Lipinski definition) is 6. The molecule has 0 aliphatic carbocycles. The fourth-order valence-electron chi connectivity index (χ4n) is 3.52. The molecule has 0 bridgehead atoms. The van der Waals surface area contributed by atoms with Crippen LogP contribution >= 0.6 is 22.9 Å². The summed E-state index contributed by atoms with van der Waals surface area (Å²) in [6.07, 6.45) is 0.597. The molecule has 0 radical (unpaired) electrons. The van der Waals surface area contributed by atoms with Crippen LogP contribution in [0.4, 0.5) is 0 Å². The molecule has 2 heterocycles. The van der Waals surface area contributed by atoms with Gasteiger partial charge in [-0.05, 0) is 47.9 Å². The van der Waals surface area contributed by atoms with Crippen LogP contribution in [0.5, 0.6) is 11.5 Å². The van der Waals surface area contributed by atoms with Crippen LogP contribution in [-0.4, -0.2) is 35.1 Å². The zero-order valence-electron chi connectivity index (χ0n) is 16.9. The summed E-state index contributed by atoms with van der Waals surface area (Å²) in [7, 11) is -0.313. The van der Waals surface area contributed by atoms with E-state index in [9.17, 15) is 13.2 Å². The molecule has 1 amide bonds. The van der Waals surface area contributed by atoms with Gasteiger partial charge in [-0.1, -0.05) is 17.7 Å². The highest BCUT2D eigenvalue weighted by Crippen LogP contribution is 2.43. The molecule has 9 heteroatoms. The van der Waals surface area contributed by atoms with E-state index < -0.39 is 9.84 Å². The van der Waals surface area contributed by atoms with E-state index in [-0.39, 0.29) is 16.6 Å². The Morgan fingerprint density at radius 1 is 1.10 bits per heavy atom. The zero-order chi connectivity index (χ0) is 22.2. The highest BCUT2D eigenvalue weighted by Gasteiger charge is 2.31. The zero-order valence-corrected chi connectivity index (χ0v) is 19.3. The third kappa shape index (κ3) is 4.42. The minimum absolute atomic E-state index is 0.136. The van der Waals surface area contributed by atoms with Gasteiger partial charge in [0.1, 0.15) is 11.5 Å². The summed E-state index contributed by atoms with van der Waals surface area (Å²) in [5, 5.41) is 3.27. The average molecular weight is 478 g/mol. The van der Waals surface area contributed by atoms with Crippen molar-refractivity contribution in [2.45, 2.75) is 17.1 Å². The van der Waals surface area contributed by atoms with E-state index in [2.05, 4.69) is 5.32 Å². The third-order valence-electron chi connectivity index (χ3n) is 5.01. The number of sulfone groups is 1. The summed E-state index contributed by atoms with van der Waals surface area (Å²) in [6, 6.07) is 12.1. The van der Waals surface area contributed by atoms with Gasteiger partial charge >= 0.3 is 0 Å². The predicted molar refractivity (Wildman–Crippen MR) is 121 cm³/mol. The Morgan fingerprint density at radius 3 is 2.48 bits per heavy atom. The number of fused-ring (bicyclic) bond motifs is 3. The second-order valence-electron chi connectivity index (χ2n) is 7.09. The fourth-order valence-corrected chi connectivity index (χ4v) is 6.65. The van der Waals surface area contributed by atoms with Gasteiger partial charge in [0, 0.05) is 28.1 Å². The summed E-state index contributed by atoms with van der Waals surface area (Å²) in [5.41, 5.74) is 2.21. The van der Waals surface area contributed by atoms with Crippen LogP contribution < -0.4 is 14.8 Å². The first kappa shape index (κ1) is 21.7. The van der Waals surface area contributed by atoms with Gasteiger partial charge in [0.15, 0.2) is 9.84 Å². The molecule has 1 aromatic heterocycles. The highest BCUT2D eigenvalue weighted by atomic mass is 35.5. The Hall–Kier alpha value is -2.55. The van der Waals surface area contributed by atoms with Gasteiger partial charge in [0.05, 0.1) is 29.7 Å². The molecule has 0 spiro atoms. The number of amides is 1. The number of rotatable bonds is 6. The van der Waals surface area contributed by atoms with Gasteiger partial charge in [-0.15, -0.1) is 11.3 Å².